The average Bonchev–Trinajstić information content (AvgIpc) is 3.28. The molecule has 1 saturated heterocycles. The summed E-state index contributed by atoms with van der Waals surface area (Å²) in [5, 5.41) is 9.78. The van der Waals surface area contributed by atoms with E-state index in [1.165, 1.54) is 0 Å². The number of likely N-dealkylation sites (tertiary alicyclic amines) is 1. The second-order valence-electron chi connectivity index (χ2n) is 6.25. The Morgan fingerprint density at radius 2 is 1.78 bits per heavy atom. The Morgan fingerprint density at radius 3 is 2.30 bits per heavy atom. The third kappa shape index (κ3) is 2.92. The molecule has 0 bridgehead atoms. The molecule has 23 heavy (non-hydrogen) atoms. The fourth-order valence-corrected chi connectivity index (χ4v) is 3.32. The van der Waals surface area contributed by atoms with Crippen LogP contribution in [-0.2, 0) is 15.0 Å². The Hall–Kier alpha value is -1.69. The zero-order valence-electron chi connectivity index (χ0n) is 12.3. The number of carbonyl (C=O) groups excluding carboxylic acids is 1. The van der Waals surface area contributed by atoms with Crippen molar-refractivity contribution in [3.8, 4) is 0 Å². The number of carboxylic acid groups (broad SMARTS) is 1. The number of aliphatic carboxylic acids is 1. The van der Waals surface area contributed by atoms with Crippen LogP contribution in [0.3, 0.4) is 0 Å². The number of hydrogen-bond acceptors (Lipinski definition) is 2. The summed E-state index contributed by atoms with van der Waals surface area (Å²) in [7, 11) is 0. The summed E-state index contributed by atoms with van der Waals surface area (Å²) in [6.45, 7) is -0.238. The molecular weight excluding hydrogens is 328 g/mol. The Kier molecular flexibility index (Phi) is 3.83. The van der Waals surface area contributed by atoms with Crippen LogP contribution >= 0.6 is 11.6 Å². The molecule has 124 valence electrons. The Bertz CT molecular complexity index is 643. The average molecular weight is 344 g/mol. The number of nitrogens with zero attached hydrogens (tertiary/aromatic N) is 1. The highest BCUT2D eigenvalue weighted by Crippen LogP contribution is 2.51. The summed E-state index contributed by atoms with van der Waals surface area (Å²) in [6, 6.07) is 5.34. The van der Waals surface area contributed by atoms with Gasteiger partial charge in [0.1, 0.15) is 6.04 Å². The van der Waals surface area contributed by atoms with Crippen LogP contribution < -0.4 is 0 Å². The van der Waals surface area contributed by atoms with Crippen LogP contribution in [0.15, 0.2) is 24.3 Å². The fourth-order valence-electron chi connectivity index (χ4n) is 3.19. The van der Waals surface area contributed by atoms with Gasteiger partial charge in [-0.15, -0.1) is 0 Å². The zero-order chi connectivity index (χ0) is 16.8. The molecule has 3 rings (SSSR count). The predicted molar refractivity (Wildman–Crippen MR) is 79.7 cm³/mol. The lowest BCUT2D eigenvalue weighted by Gasteiger charge is -2.39. The lowest BCUT2D eigenvalue weighted by Crippen LogP contribution is -2.55. The molecule has 2 fully saturated rings. The second kappa shape index (κ2) is 5.44. The molecule has 1 atom stereocenters. The summed E-state index contributed by atoms with van der Waals surface area (Å²) in [4.78, 5) is 25.3. The van der Waals surface area contributed by atoms with Crippen molar-refractivity contribution < 1.29 is 23.5 Å². The molecular formula is C16H16ClF2NO3. The first-order valence-corrected chi connectivity index (χ1v) is 7.81. The maximum Gasteiger partial charge on any atom is 0.326 e. The van der Waals surface area contributed by atoms with Gasteiger partial charge in [0.05, 0.1) is 5.41 Å². The van der Waals surface area contributed by atoms with Crippen molar-refractivity contribution in [2.75, 3.05) is 6.54 Å². The SMILES string of the molecule is O=C(O)[C@@H]1CC(F)(F)CCN1C(=O)C1(c2ccc(Cl)cc2)CC1. The molecule has 2 aliphatic rings. The molecule has 1 saturated carbocycles. The molecule has 1 aromatic rings. The van der Waals surface area contributed by atoms with Crippen molar-refractivity contribution in [3.63, 3.8) is 0 Å². The van der Waals surface area contributed by atoms with Crippen LogP contribution in [-0.4, -0.2) is 40.4 Å². The van der Waals surface area contributed by atoms with Crippen molar-refractivity contribution in [2.45, 2.75) is 43.1 Å². The van der Waals surface area contributed by atoms with Gasteiger partial charge in [-0.2, -0.15) is 0 Å². The van der Waals surface area contributed by atoms with Gasteiger partial charge in [-0.1, -0.05) is 23.7 Å². The fraction of sp³-hybridized carbons (Fsp3) is 0.500. The van der Waals surface area contributed by atoms with E-state index in [4.69, 9.17) is 11.6 Å². The summed E-state index contributed by atoms with van der Waals surface area (Å²) in [5.74, 6) is -4.80. The number of carbonyl (C=O) groups is 2. The van der Waals surface area contributed by atoms with Gasteiger partial charge in [0.15, 0.2) is 0 Å². The van der Waals surface area contributed by atoms with E-state index >= 15 is 0 Å². The van der Waals surface area contributed by atoms with Gasteiger partial charge in [-0.05, 0) is 30.5 Å². The Labute approximate surface area is 137 Å². The number of piperidine rings is 1. The van der Waals surface area contributed by atoms with Crippen LogP contribution in [0.5, 0.6) is 0 Å². The summed E-state index contributed by atoms with van der Waals surface area (Å²) < 4.78 is 27.0. The van der Waals surface area contributed by atoms with Crippen molar-refractivity contribution in [2.24, 2.45) is 0 Å². The van der Waals surface area contributed by atoms with E-state index < -0.39 is 36.2 Å². The minimum absolute atomic E-state index is 0.238. The van der Waals surface area contributed by atoms with Crippen LogP contribution in [0.2, 0.25) is 5.02 Å². The topological polar surface area (TPSA) is 57.6 Å². The lowest BCUT2D eigenvalue weighted by atomic mass is 9.90. The number of rotatable bonds is 3. The number of alkyl halides is 2. The Balaban J connectivity index is 1.87. The normalized spacial score (nSPS) is 25.0. The molecule has 1 amide bonds. The lowest BCUT2D eigenvalue weighted by molar-refractivity contribution is -0.163. The van der Waals surface area contributed by atoms with Gasteiger partial charge >= 0.3 is 5.97 Å². The maximum absolute atomic E-state index is 13.5. The highest BCUT2D eigenvalue weighted by Gasteiger charge is 2.56. The van der Waals surface area contributed by atoms with Gasteiger partial charge in [0.25, 0.3) is 5.92 Å². The molecule has 1 aromatic carbocycles. The maximum atomic E-state index is 13.5. The van der Waals surface area contributed by atoms with E-state index in [0.29, 0.717) is 17.9 Å². The van der Waals surface area contributed by atoms with Crippen molar-refractivity contribution >= 4 is 23.5 Å². The van der Waals surface area contributed by atoms with E-state index in [1.54, 1.807) is 24.3 Å². The summed E-state index contributed by atoms with van der Waals surface area (Å²) >= 11 is 5.85. The standard InChI is InChI=1S/C16H16ClF2NO3/c17-11-3-1-10(2-4-11)15(5-6-15)14(23)20-8-7-16(18,19)9-12(20)13(21)22/h1-4,12H,5-9H2,(H,21,22)/t12-/m0/s1. The van der Waals surface area contributed by atoms with E-state index in [2.05, 4.69) is 0 Å². The monoisotopic (exact) mass is 343 g/mol. The van der Waals surface area contributed by atoms with Crippen molar-refractivity contribution in [1.29, 1.82) is 0 Å². The first kappa shape index (κ1) is 16.2. The van der Waals surface area contributed by atoms with Crippen LogP contribution in [0.4, 0.5) is 8.78 Å². The third-order valence-electron chi connectivity index (χ3n) is 4.69. The van der Waals surface area contributed by atoms with E-state index in [0.717, 1.165) is 10.5 Å². The number of halogens is 3. The molecule has 0 unspecified atom stereocenters. The molecule has 1 heterocycles. The van der Waals surface area contributed by atoms with Crippen LogP contribution in [0.25, 0.3) is 0 Å². The van der Waals surface area contributed by atoms with Crippen LogP contribution in [0, 0.1) is 0 Å². The predicted octanol–water partition coefficient (Wildman–Crippen LogP) is 3.08. The zero-order valence-corrected chi connectivity index (χ0v) is 13.0. The number of carboxylic acids is 1. The molecule has 7 heteroatoms. The summed E-state index contributed by atoms with van der Waals surface area (Å²) in [5.41, 5.74) is -0.0290. The quantitative estimate of drug-likeness (QED) is 0.917. The molecule has 0 radical (unpaired) electrons. The molecule has 4 nitrogen and oxygen atoms in total. The van der Waals surface area contributed by atoms with Gasteiger partial charge in [0.2, 0.25) is 5.91 Å². The van der Waals surface area contributed by atoms with E-state index in [-0.39, 0.29) is 12.5 Å². The second-order valence-corrected chi connectivity index (χ2v) is 6.69. The van der Waals surface area contributed by atoms with E-state index in [1.807, 2.05) is 0 Å². The molecule has 1 aliphatic heterocycles. The molecule has 1 aliphatic carbocycles. The van der Waals surface area contributed by atoms with Gasteiger partial charge in [-0.3, -0.25) is 4.79 Å². The van der Waals surface area contributed by atoms with Crippen LogP contribution in [0.1, 0.15) is 31.2 Å². The first-order chi connectivity index (χ1) is 10.8. The summed E-state index contributed by atoms with van der Waals surface area (Å²) in [6.07, 6.45) is -0.149. The van der Waals surface area contributed by atoms with Gasteiger partial charge < -0.3 is 10.0 Å². The van der Waals surface area contributed by atoms with Crippen molar-refractivity contribution in [3.05, 3.63) is 34.9 Å². The van der Waals surface area contributed by atoms with E-state index in [9.17, 15) is 23.5 Å². The van der Waals surface area contributed by atoms with Gasteiger partial charge in [-0.25, -0.2) is 13.6 Å². The first-order valence-electron chi connectivity index (χ1n) is 7.43. The molecule has 1 N–H and O–H groups in total. The highest BCUT2D eigenvalue weighted by atomic mass is 35.5. The molecule has 0 aromatic heterocycles. The highest BCUT2D eigenvalue weighted by molar-refractivity contribution is 6.30. The molecule has 0 spiro atoms. The third-order valence-corrected chi connectivity index (χ3v) is 4.94. The van der Waals surface area contributed by atoms with Gasteiger partial charge in [0, 0.05) is 24.4 Å². The Morgan fingerprint density at radius 1 is 1.17 bits per heavy atom. The number of hydrogen-bond donors (Lipinski definition) is 1. The number of amides is 1. The minimum Gasteiger partial charge on any atom is -0.480 e. The number of benzene rings is 1. The van der Waals surface area contributed by atoms with Crippen molar-refractivity contribution in [1.82, 2.24) is 4.90 Å². The smallest absolute Gasteiger partial charge is 0.326 e. The minimum atomic E-state index is -3.04. The largest absolute Gasteiger partial charge is 0.480 e.